The monoisotopic (exact) mass is 550 g/mol. The fourth-order valence-corrected chi connectivity index (χ4v) is 6.13. The topological polar surface area (TPSA) is 64.7 Å². The maximum atomic E-state index is 6.18. The third-order valence-electron chi connectivity index (χ3n) is 8.14. The van der Waals surface area contributed by atoms with Gasteiger partial charge in [-0.1, -0.05) is 103 Å². The van der Waals surface area contributed by atoms with E-state index in [9.17, 15) is 0 Å². The molecule has 5 nitrogen and oxygen atoms in total. The van der Waals surface area contributed by atoms with E-state index >= 15 is 0 Å². The summed E-state index contributed by atoms with van der Waals surface area (Å²) in [4.78, 5) is 19.7. The van der Waals surface area contributed by atoms with Gasteiger partial charge in [-0.25, -0.2) is 15.0 Å². The van der Waals surface area contributed by atoms with Gasteiger partial charge >= 0.3 is 0 Å². The lowest BCUT2D eigenvalue weighted by Gasteiger charge is -2.11. The third-order valence-corrected chi connectivity index (χ3v) is 8.14. The van der Waals surface area contributed by atoms with Crippen LogP contribution in [0.4, 0.5) is 0 Å². The summed E-state index contributed by atoms with van der Waals surface area (Å²) in [5.74, 6) is 1.85. The van der Waals surface area contributed by atoms with Gasteiger partial charge in [0.2, 0.25) is 0 Å². The standard InChI is InChI=1S/C38H22N4O/c1-2-9-23(10-3-1)36-40-37(42-38(41-36)30-13-8-16-33-35(30)29-12-5-7-15-32(29)43-33)25-19-20-27-24(21-25)17-18-26-22-39-31-14-6-4-11-28(31)34(26)27/h1-22H. The number of para-hydroxylation sites is 2. The minimum absolute atomic E-state index is 0.608. The zero-order valence-electron chi connectivity index (χ0n) is 22.9. The van der Waals surface area contributed by atoms with Crippen LogP contribution in [-0.4, -0.2) is 19.9 Å². The van der Waals surface area contributed by atoms with Crippen molar-refractivity contribution in [3.8, 4) is 34.2 Å². The van der Waals surface area contributed by atoms with Gasteiger partial charge in [0.1, 0.15) is 11.2 Å². The van der Waals surface area contributed by atoms with Crippen LogP contribution in [0.2, 0.25) is 0 Å². The van der Waals surface area contributed by atoms with E-state index in [4.69, 9.17) is 19.4 Å². The minimum Gasteiger partial charge on any atom is -0.456 e. The fourth-order valence-electron chi connectivity index (χ4n) is 6.13. The van der Waals surface area contributed by atoms with Crippen LogP contribution in [0.1, 0.15) is 0 Å². The molecule has 0 bridgehead atoms. The first kappa shape index (κ1) is 23.7. The zero-order chi connectivity index (χ0) is 28.3. The highest BCUT2D eigenvalue weighted by Gasteiger charge is 2.18. The Labute approximate surface area is 246 Å². The van der Waals surface area contributed by atoms with Crippen LogP contribution in [0.5, 0.6) is 0 Å². The van der Waals surface area contributed by atoms with E-state index in [-0.39, 0.29) is 0 Å². The third kappa shape index (κ3) is 3.79. The first-order valence-electron chi connectivity index (χ1n) is 14.2. The normalized spacial score (nSPS) is 11.7. The number of pyridine rings is 1. The highest BCUT2D eigenvalue weighted by Crippen LogP contribution is 2.37. The van der Waals surface area contributed by atoms with E-state index in [0.29, 0.717) is 17.5 Å². The largest absolute Gasteiger partial charge is 0.456 e. The summed E-state index contributed by atoms with van der Waals surface area (Å²) in [6.07, 6.45) is 1.95. The number of hydrogen-bond acceptors (Lipinski definition) is 5. The van der Waals surface area contributed by atoms with Gasteiger partial charge in [0.05, 0.1) is 5.52 Å². The molecule has 5 heteroatoms. The molecule has 200 valence electrons. The Balaban J connectivity index is 1.29. The summed E-state index contributed by atoms with van der Waals surface area (Å²) >= 11 is 0. The lowest BCUT2D eigenvalue weighted by Crippen LogP contribution is -2.00. The highest BCUT2D eigenvalue weighted by molar-refractivity contribution is 6.19. The molecule has 0 amide bonds. The molecule has 43 heavy (non-hydrogen) atoms. The van der Waals surface area contributed by atoms with Crippen molar-refractivity contribution in [3.63, 3.8) is 0 Å². The Morgan fingerprint density at radius 2 is 1.16 bits per heavy atom. The number of aromatic nitrogens is 4. The van der Waals surface area contributed by atoms with Gasteiger partial charge in [-0.2, -0.15) is 0 Å². The lowest BCUT2D eigenvalue weighted by atomic mass is 9.98. The van der Waals surface area contributed by atoms with Crippen molar-refractivity contribution >= 4 is 54.4 Å². The molecule has 0 spiro atoms. The molecule has 6 aromatic carbocycles. The number of fused-ring (bicyclic) bond motifs is 8. The quantitative estimate of drug-likeness (QED) is 0.205. The predicted molar refractivity (Wildman–Crippen MR) is 174 cm³/mol. The number of hydrogen-bond donors (Lipinski definition) is 0. The second kappa shape index (κ2) is 9.29. The summed E-state index contributed by atoms with van der Waals surface area (Å²) in [7, 11) is 0. The van der Waals surface area contributed by atoms with Crippen molar-refractivity contribution in [2.45, 2.75) is 0 Å². The van der Waals surface area contributed by atoms with Gasteiger partial charge in [0.15, 0.2) is 17.5 Å². The Bertz CT molecular complexity index is 2520. The molecule has 3 heterocycles. The van der Waals surface area contributed by atoms with E-state index in [1.54, 1.807) is 0 Å². The van der Waals surface area contributed by atoms with Crippen molar-refractivity contribution in [2.24, 2.45) is 0 Å². The molecule has 0 fully saturated rings. The van der Waals surface area contributed by atoms with E-state index in [1.165, 1.54) is 10.8 Å². The number of rotatable bonds is 3. The van der Waals surface area contributed by atoms with Gasteiger partial charge in [-0.15, -0.1) is 0 Å². The molecule has 9 aromatic rings. The van der Waals surface area contributed by atoms with Crippen molar-refractivity contribution in [1.29, 1.82) is 0 Å². The number of benzene rings is 6. The van der Waals surface area contributed by atoms with Gasteiger partial charge < -0.3 is 4.42 Å². The van der Waals surface area contributed by atoms with Gasteiger partial charge in [-0.05, 0) is 35.0 Å². The number of furan rings is 1. The molecule has 0 unspecified atom stereocenters. The lowest BCUT2D eigenvalue weighted by molar-refractivity contribution is 0.669. The van der Waals surface area contributed by atoms with Gasteiger partial charge in [0, 0.05) is 49.8 Å². The summed E-state index contributed by atoms with van der Waals surface area (Å²) in [5.41, 5.74) is 5.40. The van der Waals surface area contributed by atoms with E-state index in [0.717, 1.165) is 60.3 Å². The molecule has 9 rings (SSSR count). The molecule has 0 saturated carbocycles. The molecular formula is C38H22N4O. The van der Waals surface area contributed by atoms with Crippen LogP contribution in [0.3, 0.4) is 0 Å². The molecule has 0 atom stereocenters. The average molecular weight is 551 g/mol. The van der Waals surface area contributed by atoms with E-state index in [1.807, 2.05) is 72.9 Å². The zero-order valence-corrected chi connectivity index (χ0v) is 22.9. The smallest absolute Gasteiger partial charge is 0.164 e. The minimum atomic E-state index is 0.608. The Morgan fingerprint density at radius 3 is 2.07 bits per heavy atom. The maximum Gasteiger partial charge on any atom is 0.164 e. The van der Waals surface area contributed by atoms with Crippen LogP contribution in [0.25, 0.3) is 88.5 Å². The second-order valence-electron chi connectivity index (χ2n) is 10.7. The number of nitrogens with zero attached hydrogens (tertiary/aromatic N) is 4. The van der Waals surface area contributed by atoms with Crippen molar-refractivity contribution in [3.05, 3.63) is 134 Å². The molecular weight excluding hydrogens is 528 g/mol. The maximum absolute atomic E-state index is 6.18. The first-order chi connectivity index (χ1) is 21.3. The Morgan fingerprint density at radius 1 is 0.442 bits per heavy atom. The van der Waals surface area contributed by atoms with Crippen molar-refractivity contribution in [2.75, 3.05) is 0 Å². The molecule has 0 N–H and O–H groups in total. The first-order valence-corrected chi connectivity index (χ1v) is 14.2. The van der Waals surface area contributed by atoms with Crippen molar-refractivity contribution in [1.82, 2.24) is 19.9 Å². The van der Waals surface area contributed by atoms with Crippen molar-refractivity contribution < 1.29 is 4.42 Å². The molecule has 0 saturated heterocycles. The fraction of sp³-hybridized carbons (Fsp3) is 0. The van der Waals surface area contributed by atoms with Crippen LogP contribution < -0.4 is 0 Å². The van der Waals surface area contributed by atoms with E-state index in [2.05, 4.69) is 65.6 Å². The average Bonchev–Trinajstić information content (AvgIpc) is 3.47. The Kier molecular flexibility index (Phi) is 5.13. The van der Waals surface area contributed by atoms with Crippen LogP contribution in [-0.2, 0) is 0 Å². The molecule has 0 radical (unpaired) electrons. The molecule has 0 aliphatic rings. The predicted octanol–water partition coefficient (Wildman–Crippen LogP) is 9.63. The Hall–Kier alpha value is -5.94. The SMILES string of the molecule is c1ccc(-c2nc(-c3ccc4c(ccc5cnc6ccccc6c54)c3)nc(-c3cccc4oc5ccccc5c34)n2)cc1. The molecule has 3 aromatic heterocycles. The van der Waals surface area contributed by atoms with Crippen LogP contribution in [0.15, 0.2) is 138 Å². The van der Waals surface area contributed by atoms with Crippen LogP contribution in [0, 0.1) is 0 Å². The highest BCUT2D eigenvalue weighted by atomic mass is 16.3. The molecule has 0 aliphatic carbocycles. The summed E-state index contributed by atoms with van der Waals surface area (Å²) in [6, 6.07) is 43.2. The summed E-state index contributed by atoms with van der Waals surface area (Å²) in [5, 5.41) is 7.80. The van der Waals surface area contributed by atoms with Crippen LogP contribution >= 0.6 is 0 Å². The summed E-state index contributed by atoms with van der Waals surface area (Å²) < 4.78 is 6.18. The molecule has 0 aliphatic heterocycles. The summed E-state index contributed by atoms with van der Waals surface area (Å²) in [6.45, 7) is 0. The second-order valence-corrected chi connectivity index (χ2v) is 10.7. The van der Waals surface area contributed by atoms with Gasteiger partial charge in [-0.3, -0.25) is 4.98 Å². The van der Waals surface area contributed by atoms with E-state index < -0.39 is 0 Å². The van der Waals surface area contributed by atoms with Gasteiger partial charge in [0.25, 0.3) is 0 Å².